The molecule has 0 aromatic heterocycles. The largest absolute Gasteiger partial charge is 0.294 e. The monoisotopic (exact) mass is 203 g/mol. The second kappa shape index (κ2) is 4.75. The molecule has 0 amide bonds. The van der Waals surface area contributed by atoms with E-state index in [-0.39, 0.29) is 18.6 Å². The van der Waals surface area contributed by atoms with Crippen LogP contribution < -0.4 is 0 Å². The van der Waals surface area contributed by atoms with Gasteiger partial charge in [-0.1, -0.05) is 40.3 Å². The summed E-state index contributed by atoms with van der Waals surface area (Å²) in [5, 5.41) is 8.59. The first kappa shape index (κ1) is 13.4. The number of ketones is 1. The summed E-state index contributed by atoms with van der Waals surface area (Å²) in [6.07, 6.45) is 0. The normalized spacial score (nSPS) is 10.0. The van der Waals surface area contributed by atoms with Gasteiger partial charge in [-0.15, -0.1) is 0 Å². The van der Waals surface area contributed by atoms with Gasteiger partial charge in [0.1, 0.15) is 0 Å². The van der Waals surface area contributed by atoms with Crippen molar-refractivity contribution < 1.29 is 4.79 Å². The third-order valence-corrected chi connectivity index (χ3v) is 1.96. The predicted molar refractivity (Wildman–Crippen MR) is 61.7 cm³/mol. The van der Waals surface area contributed by atoms with E-state index < -0.39 is 0 Å². The van der Waals surface area contributed by atoms with Crippen LogP contribution in [0.3, 0.4) is 0 Å². The maximum Gasteiger partial charge on any atom is 0.168 e. The smallest absolute Gasteiger partial charge is 0.168 e. The van der Waals surface area contributed by atoms with Crippen LogP contribution in [0.1, 0.15) is 44.1 Å². The zero-order valence-electron chi connectivity index (χ0n) is 8.66. The van der Waals surface area contributed by atoms with Crippen LogP contribution in [0.25, 0.3) is 0 Å². The average Bonchev–Trinajstić information content (AvgIpc) is 2.15. The molecule has 0 saturated heterocycles. The summed E-state index contributed by atoms with van der Waals surface area (Å²) in [4.78, 5) is 11.8. The van der Waals surface area contributed by atoms with Crippen molar-refractivity contribution in [3.8, 4) is 6.07 Å². The molecule has 1 aromatic carbocycles. The van der Waals surface area contributed by atoms with Crippen molar-refractivity contribution in [3.63, 3.8) is 0 Å². The first-order valence-electron chi connectivity index (χ1n) is 4.50. The molecule has 0 aliphatic rings. The highest BCUT2D eigenvalue weighted by Crippen LogP contribution is 2.20. The van der Waals surface area contributed by atoms with E-state index in [9.17, 15) is 4.79 Å². The SMILES string of the molecule is C.CC(C)(C)C(=O)c1ccc(C#N)cc1. The van der Waals surface area contributed by atoms with Gasteiger partial charge in [-0.3, -0.25) is 4.79 Å². The Labute approximate surface area is 91.5 Å². The van der Waals surface area contributed by atoms with Crippen molar-refractivity contribution in [3.05, 3.63) is 35.4 Å². The minimum Gasteiger partial charge on any atom is -0.294 e. The van der Waals surface area contributed by atoms with Crippen LogP contribution in [0, 0.1) is 16.7 Å². The van der Waals surface area contributed by atoms with E-state index in [1.54, 1.807) is 24.3 Å². The number of nitrogens with zero attached hydrogens (tertiary/aromatic N) is 1. The van der Waals surface area contributed by atoms with Crippen LogP contribution in [0.15, 0.2) is 24.3 Å². The summed E-state index contributed by atoms with van der Waals surface area (Å²) >= 11 is 0. The Morgan fingerprint density at radius 1 is 1.20 bits per heavy atom. The number of hydrogen-bond acceptors (Lipinski definition) is 2. The molecule has 0 spiro atoms. The molecule has 0 N–H and O–H groups in total. The Balaban J connectivity index is 0.00000196. The van der Waals surface area contributed by atoms with Crippen molar-refractivity contribution in [2.75, 3.05) is 0 Å². The van der Waals surface area contributed by atoms with Crippen LogP contribution in [-0.2, 0) is 0 Å². The maximum atomic E-state index is 11.8. The molecule has 0 aliphatic heterocycles. The van der Waals surface area contributed by atoms with Gasteiger partial charge in [-0.25, -0.2) is 0 Å². The second-order valence-corrected chi connectivity index (χ2v) is 4.27. The van der Waals surface area contributed by atoms with Gasteiger partial charge < -0.3 is 0 Å². The number of hydrogen-bond donors (Lipinski definition) is 0. The van der Waals surface area contributed by atoms with E-state index >= 15 is 0 Å². The molecule has 2 nitrogen and oxygen atoms in total. The lowest BCUT2D eigenvalue weighted by atomic mass is 9.86. The van der Waals surface area contributed by atoms with Crippen molar-refractivity contribution >= 4 is 5.78 Å². The zero-order valence-corrected chi connectivity index (χ0v) is 8.66. The Morgan fingerprint density at radius 3 is 2.00 bits per heavy atom. The molecule has 0 aliphatic carbocycles. The first-order chi connectivity index (χ1) is 6.45. The van der Waals surface area contributed by atoms with Crippen LogP contribution >= 0.6 is 0 Å². The lowest BCUT2D eigenvalue weighted by Gasteiger charge is -2.16. The summed E-state index contributed by atoms with van der Waals surface area (Å²) in [5.74, 6) is 0.0991. The van der Waals surface area contributed by atoms with Gasteiger partial charge in [0.05, 0.1) is 11.6 Å². The van der Waals surface area contributed by atoms with Gasteiger partial charge in [0.25, 0.3) is 0 Å². The molecular formula is C13H17NO. The Hall–Kier alpha value is -1.62. The average molecular weight is 203 g/mol. The molecule has 0 radical (unpaired) electrons. The second-order valence-electron chi connectivity index (χ2n) is 4.27. The summed E-state index contributed by atoms with van der Waals surface area (Å²) < 4.78 is 0. The highest BCUT2D eigenvalue weighted by molar-refractivity contribution is 5.99. The number of Topliss-reactive ketones (excluding diaryl/α,β-unsaturated/α-hetero) is 1. The molecule has 0 heterocycles. The van der Waals surface area contributed by atoms with Crippen LogP contribution in [0.2, 0.25) is 0 Å². The van der Waals surface area contributed by atoms with E-state index in [0.717, 1.165) is 0 Å². The lowest BCUT2D eigenvalue weighted by molar-refractivity contribution is 0.0858. The molecule has 1 rings (SSSR count). The molecule has 15 heavy (non-hydrogen) atoms. The van der Waals surface area contributed by atoms with Crippen molar-refractivity contribution in [1.29, 1.82) is 5.26 Å². The fraction of sp³-hybridized carbons (Fsp3) is 0.385. The van der Waals surface area contributed by atoms with Crippen LogP contribution in [-0.4, -0.2) is 5.78 Å². The first-order valence-corrected chi connectivity index (χ1v) is 4.50. The molecule has 0 fully saturated rings. The molecule has 0 bridgehead atoms. The topological polar surface area (TPSA) is 40.9 Å². The lowest BCUT2D eigenvalue weighted by Crippen LogP contribution is -2.19. The van der Waals surface area contributed by atoms with Gasteiger partial charge in [0, 0.05) is 11.0 Å². The predicted octanol–water partition coefficient (Wildman–Crippen LogP) is 3.42. The highest BCUT2D eigenvalue weighted by Gasteiger charge is 2.22. The quantitative estimate of drug-likeness (QED) is 0.656. The van der Waals surface area contributed by atoms with Crippen molar-refractivity contribution in [2.24, 2.45) is 5.41 Å². The minimum atomic E-state index is -0.367. The van der Waals surface area contributed by atoms with E-state index in [2.05, 4.69) is 0 Å². The van der Waals surface area contributed by atoms with Gasteiger partial charge in [-0.05, 0) is 12.1 Å². The number of carbonyl (C=O) groups excluding carboxylic acids is 1. The molecule has 1 aromatic rings. The molecule has 0 atom stereocenters. The number of nitriles is 1. The summed E-state index contributed by atoms with van der Waals surface area (Å²) in [7, 11) is 0. The van der Waals surface area contributed by atoms with Gasteiger partial charge >= 0.3 is 0 Å². The highest BCUT2D eigenvalue weighted by atomic mass is 16.1. The number of rotatable bonds is 1. The molecule has 80 valence electrons. The van der Waals surface area contributed by atoms with E-state index in [0.29, 0.717) is 11.1 Å². The zero-order chi connectivity index (χ0) is 10.8. The third-order valence-electron chi connectivity index (χ3n) is 1.96. The van der Waals surface area contributed by atoms with Crippen LogP contribution in [0.5, 0.6) is 0 Å². The Morgan fingerprint density at radius 2 is 1.67 bits per heavy atom. The van der Waals surface area contributed by atoms with Crippen molar-refractivity contribution in [2.45, 2.75) is 28.2 Å². The summed E-state index contributed by atoms with van der Waals surface area (Å²) in [6.45, 7) is 5.65. The molecule has 2 heteroatoms. The Kier molecular flexibility index (Phi) is 4.23. The van der Waals surface area contributed by atoms with E-state index in [1.165, 1.54) is 0 Å². The van der Waals surface area contributed by atoms with E-state index in [1.807, 2.05) is 26.8 Å². The molecular weight excluding hydrogens is 186 g/mol. The summed E-state index contributed by atoms with van der Waals surface area (Å²) in [6, 6.07) is 8.75. The molecule has 0 saturated carbocycles. The Bertz CT molecular complexity index is 376. The fourth-order valence-corrected chi connectivity index (χ4v) is 1.13. The maximum absolute atomic E-state index is 11.8. The van der Waals surface area contributed by atoms with Gasteiger partial charge in [0.2, 0.25) is 0 Å². The minimum absolute atomic E-state index is 0. The summed E-state index contributed by atoms with van der Waals surface area (Å²) in [5.41, 5.74) is 0.876. The van der Waals surface area contributed by atoms with Crippen molar-refractivity contribution in [1.82, 2.24) is 0 Å². The standard InChI is InChI=1S/C12H13NO.CH4/c1-12(2,3)11(14)10-6-4-9(8-13)5-7-10;/h4-7H,1-3H3;1H4. The number of benzene rings is 1. The number of carbonyl (C=O) groups is 1. The van der Waals surface area contributed by atoms with Gasteiger partial charge in [0.15, 0.2) is 5.78 Å². The van der Waals surface area contributed by atoms with E-state index in [4.69, 9.17) is 5.26 Å². The van der Waals surface area contributed by atoms with Gasteiger partial charge in [-0.2, -0.15) is 5.26 Å². The van der Waals surface area contributed by atoms with Crippen LogP contribution in [0.4, 0.5) is 0 Å². The third kappa shape index (κ3) is 3.21. The molecule has 0 unspecified atom stereocenters. The fourth-order valence-electron chi connectivity index (χ4n) is 1.13.